The van der Waals surface area contributed by atoms with E-state index < -0.39 is 0 Å². The summed E-state index contributed by atoms with van der Waals surface area (Å²) in [7, 11) is 0. The van der Waals surface area contributed by atoms with Gasteiger partial charge in [0.1, 0.15) is 6.61 Å². The fraction of sp³-hybridized carbons (Fsp3) is 0.750. The zero-order chi connectivity index (χ0) is 10.6. The van der Waals surface area contributed by atoms with Crippen molar-refractivity contribution in [2.24, 2.45) is 0 Å². The van der Waals surface area contributed by atoms with Crippen molar-refractivity contribution in [3.63, 3.8) is 0 Å². The highest BCUT2D eigenvalue weighted by molar-refractivity contribution is 5.37. The van der Waals surface area contributed by atoms with Crippen LogP contribution in [0.5, 0.6) is 0 Å². The maximum Gasteiger partial charge on any atom is 0.293 e. The summed E-state index contributed by atoms with van der Waals surface area (Å²) in [4.78, 5) is 9.87. The summed E-state index contributed by atoms with van der Waals surface area (Å²) in [6.45, 7) is 5.23. The van der Waals surface area contributed by atoms with Gasteiger partial charge in [0.2, 0.25) is 0 Å². The second kappa shape index (κ2) is 10.3. The quantitative estimate of drug-likeness (QED) is 0.322. The predicted molar refractivity (Wildman–Crippen MR) is 59.1 cm³/mol. The molecule has 0 N–H and O–H groups in total. The number of carbonyl (C=O) groups excluding carboxylic acids is 1. The lowest BCUT2D eigenvalue weighted by Gasteiger charge is -2.01. The summed E-state index contributed by atoms with van der Waals surface area (Å²) in [5, 5.41) is 0. The van der Waals surface area contributed by atoms with Gasteiger partial charge in [-0.2, -0.15) is 0 Å². The topological polar surface area (TPSA) is 26.3 Å². The van der Waals surface area contributed by atoms with Crippen LogP contribution in [0.3, 0.4) is 0 Å². The average molecular weight is 198 g/mol. The van der Waals surface area contributed by atoms with Crippen LogP contribution in [-0.4, -0.2) is 13.1 Å². The standard InChI is InChI=1S/C12H22O2/c1-3-4-5-6-7-8-12(2)9-10-14-11-13/h9,11H,3-8,10H2,1-2H3/b12-9-. The molecule has 0 aliphatic rings. The van der Waals surface area contributed by atoms with E-state index in [-0.39, 0.29) is 0 Å². The van der Waals surface area contributed by atoms with Crippen molar-refractivity contribution in [3.05, 3.63) is 11.6 Å². The minimum Gasteiger partial charge on any atom is -0.464 e. The molecule has 0 atom stereocenters. The number of hydrogen-bond donors (Lipinski definition) is 0. The SMILES string of the molecule is CCCCCCC/C(C)=C\COC=O. The Labute approximate surface area is 87.3 Å². The van der Waals surface area contributed by atoms with Gasteiger partial charge in [0.05, 0.1) is 0 Å². The fourth-order valence-electron chi connectivity index (χ4n) is 1.34. The number of carbonyl (C=O) groups is 1. The maximum absolute atomic E-state index is 9.87. The van der Waals surface area contributed by atoms with Gasteiger partial charge in [0.15, 0.2) is 0 Å². The van der Waals surface area contributed by atoms with E-state index in [0.717, 1.165) is 6.42 Å². The number of ether oxygens (including phenoxy) is 1. The zero-order valence-corrected chi connectivity index (χ0v) is 9.42. The van der Waals surface area contributed by atoms with Crippen molar-refractivity contribution in [1.29, 1.82) is 0 Å². The summed E-state index contributed by atoms with van der Waals surface area (Å²) >= 11 is 0. The lowest BCUT2D eigenvalue weighted by molar-refractivity contribution is -0.127. The van der Waals surface area contributed by atoms with E-state index in [2.05, 4.69) is 18.6 Å². The van der Waals surface area contributed by atoms with Gasteiger partial charge in [0, 0.05) is 0 Å². The van der Waals surface area contributed by atoms with E-state index in [9.17, 15) is 4.79 Å². The van der Waals surface area contributed by atoms with Crippen LogP contribution in [0.2, 0.25) is 0 Å². The van der Waals surface area contributed by atoms with Crippen molar-refractivity contribution in [3.8, 4) is 0 Å². The van der Waals surface area contributed by atoms with Crippen LogP contribution in [0.1, 0.15) is 52.4 Å². The van der Waals surface area contributed by atoms with E-state index >= 15 is 0 Å². The van der Waals surface area contributed by atoms with Crippen LogP contribution in [-0.2, 0) is 9.53 Å². The number of unbranched alkanes of at least 4 members (excludes halogenated alkanes) is 4. The molecule has 0 saturated heterocycles. The Kier molecular flexibility index (Phi) is 9.71. The molecule has 0 aromatic carbocycles. The van der Waals surface area contributed by atoms with Gasteiger partial charge in [-0.3, -0.25) is 4.79 Å². The first-order valence-electron chi connectivity index (χ1n) is 5.52. The largest absolute Gasteiger partial charge is 0.464 e. The van der Waals surface area contributed by atoms with Gasteiger partial charge in [0.25, 0.3) is 6.47 Å². The van der Waals surface area contributed by atoms with E-state index in [1.807, 2.05) is 6.08 Å². The van der Waals surface area contributed by atoms with Crippen LogP contribution in [0, 0.1) is 0 Å². The van der Waals surface area contributed by atoms with Gasteiger partial charge < -0.3 is 4.74 Å². The first-order valence-corrected chi connectivity index (χ1v) is 5.52. The normalized spacial score (nSPS) is 11.4. The zero-order valence-electron chi connectivity index (χ0n) is 9.42. The highest BCUT2D eigenvalue weighted by Gasteiger charge is 1.91. The van der Waals surface area contributed by atoms with Crippen LogP contribution in [0.25, 0.3) is 0 Å². The van der Waals surface area contributed by atoms with Gasteiger partial charge in [-0.15, -0.1) is 0 Å². The summed E-state index contributed by atoms with van der Waals surface area (Å²) in [6, 6.07) is 0. The molecule has 0 aromatic heterocycles. The summed E-state index contributed by atoms with van der Waals surface area (Å²) in [6.07, 6.45) is 9.66. The molecule has 0 rings (SSSR count). The Bertz CT molecular complexity index is 162. The molecular formula is C12H22O2. The van der Waals surface area contributed by atoms with Gasteiger partial charge >= 0.3 is 0 Å². The van der Waals surface area contributed by atoms with Gasteiger partial charge in [-0.25, -0.2) is 0 Å². The predicted octanol–water partition coefficient (Wildman–Crippen LogP) is 3.47. The molecule has 2 nitrogen and oxygen atoms in total. The Hall–Kier alpha value is -0.790. The summed E-state index contributed by atoms with van der Waals surface area (Å²) in [5.41, 5.74) is 1.32. The van der Waals surface area contributed by atoms with Gasteiger partial charge in [-0.1, -0.05) is 38.2 Å². The van der Waals surface area contributed by atoms with E-state index in [1.165, 1.54) is 37.7 Å². The number of allylic oxidation sites excluding steroid dienone is 1. The molecule has 0 aliphatic heterocycles. The molecule has 0 bridgehead atoms. The van der Waals surface area contributed by atoms with E-state index in [0.29, 0.717) is 13.1 Å². The molecule has 0 amide bonds. The van der Waals surface area contributed by atoms with Gasteiger partial charge in [-0.05, 0) is 25.8 Å². The summed E-state index contributed by atoms with van der Waals surface area (Å²) in [5.74, 6) is 0. The molecule has 0 aromatic rings. The van der Waals surface area contributed by atoms with Crippen molar-refractivity contribution in [2.75, 3.05) is 6.61 Å². The summed E-state index contributed by atoms with van der Waals surface area (Å²) < 4.78 is 4.59. The number of hydrogen-bond acceptors (Lipinski definition) is 2. The van der Waals surface area contributed by atoms with E-state index in [1.54, 1.807) is 0 Å². The van der Waals surface area contributed by atoms with Crippen molar-refractivity contribution in [2.45, 2.75) is 52.4 Å². The van der Waals surface area contributed by atoms with E-state index in [4.69, 9.17) is 0 Å². The highest BCUT2D eigenvalue weighted by atomic mass is 16.5. The molecule has 0 aliphatic carbocycles. The molecule has 0 heterocycles. The second-order valence-electron chi connectivity index (χ2n) is 3.64. The Morgan fingerprint density at radius 2 is 1.93 bits per heavy atom. The smallest absolute Gasteiger partial charge is 0.293 e. The minimum absolute atomic E-state index is 0.421. The third-order valence-electron chi connectivity index (χ3n) is 2.27. The molecule has 0 spiro atoms. The first kappa shape index (κ1) is 13.2. The molecule has 14 heavy (non-hydrogen) atoms. The molecule has 0 unspecified atom stereocenters. The Morgan fingerprint density at radius 3 is 2.57 bits per heavy atom. The van der Waals surface area contributed by atoms with Crippen molar-refractivity contribution in [1.82, 2.24) is 0 Å². The molecule has 0 fully saturated rings. The molecule has 0 saturated carbocycles. The Balaban J connectivity index is 3.29. The lowest BCUT2D eigenvalue weighted by atomic mass is 10.1. The Morgan fingerprint density at radius 1 is 1.21 bits per heavy atom. The fourth-order valence-corrected chi connectivity index (χ4v) is 1.34. The highest BCUT2D eigenvalue weighted by Crippen LogP contribution is 2.10. The molecular weight excluding hydrogens is 176 g/mol. The van der Waals surface area contributed by atoms with Crippen molar-refractivity contribution >= 4 is 6.47 Å². The second-order valence-corrected chi connectivity index (χ2v) is 3.64. The lowest BCUT2D eigenvalue weighted by Crippen LogP contribution is -1.88. The minimum atomic E-state index is 0.421. The molecule has 2 heteroatoms. The molecule has 0 radical (unpaired) electrons. The first-order chi connectivity index (χ1) is 6.81. The van der Waals surface area contributed by atoms with Crippen LogP contribution in [0.4, 0.5) is 0 Å². The monoisotopic (exact) mass is 198 g/mol. The third-order valence-corrected chi connectivity index (χ3v) is 2.27. The number of rotatable bonds is 9. The van der Waals surface area contributed by atoms with Crippen LogP contribution >= 0.6 is 0 Å². The van der Waals surface area contributed by atoms with Crippen LogP contribution < -0.4 is 0 Å². The van der Waals surface area contributed by atoms with Crippen LogP contribution in [0.15, 0.2) is 11.6 Å². The van der Waals surface area contributed by atoms with Crippen molar-refractivity contribution < 1.29 is 9.53 Å². The average Bonchev–Trinajstić information content (AvgIpc) is 2.18. The third kappa shape index (κ3) is 9.30. The maximum atomic E-state index is 9.87. The molecule has 82 valence electrons.